The number of aryl methyl sites for hydroxylation is 1. The maximum atomic E-state index is 12.3. The molecule has 1 atom stereocenters. The summed E-state index contributed by atoms with van der Waals surface area (Å²) in [6.45, 7) is 1.90. The van der Waals surface area contributed by atoms with Gasteiger partial charge in [0.1, 0.15) is 0 Å². The van der Waals surface area contributed by atoms with Crippen LogP contribution in [0.15, 0.2) is 54.6 Å². The molecule has 140 valence electrons. The van der Waals surface area contributed by atoms with Gasteiger partial charge in [0.05, 0.1) is 5.92 Å². The molecule has 0 aromatic heterocycles. The summed E-state index contributed by atoms with van der Waals surface area (Å²) in [5.41, 5.74) is 2.48. The second-order valence-corrected chi connectivity index (χ2v) is 6.41. The number of amides is 2. The highest BCUT2D eigenvalue weighted by Crippen LogP contribution is 2.25. The zero-order valence-corrected chi connectivity index (χ0v) is 15.2. The zero-order valence-electron chi connectivity index (χ0n) is 15.2. The van der Waals surface area contributed by atoms with Gasteiger partial charge in [-0.15, -0.1) is 0 Å². The molecule has 2 aromatic carbocycles. The van der Waals surface area contributed by atoms with E-state index in [1.54, 1.807) is 4.90 Å². The van der Waals surface area contributed by atoms with Crippen LogP contribution in [0.5, 0.6) is 0 Å². The second kappa shape index (κ2) is 8.49. The molecule has 0 spiro atoms. The predicted molar refractivity (Wildman–Crippen MR) is 102 cm³/mol. The van der Waals surface area contributed by atoms with Crippen LogP contribution >= 0.6 is 0 Å². The van der Waals surface area contributed by atoms with Crippen LogP contribution in [0.3, 0.4) is 0 Å². The standard InChI is InChI=1S/C21H22N2O4/c1-2-15-8-6-7-11-18(15)22-19(24)14-27-21(26)16-12-20(25)23(13-16)17-9-4-3-5-10-17/h3-11,16H,2,12-14H2,1H3,(H,22,24). The molecule has 6 nitrogen and oxygen atoms in total. The summed E-state index contributed by atoms with van der Waals surface area (Å²) in [6.07, 6.45) is 0.879. The van der Waals surface area contributed by atoms with Crippen molar-refractivity contribution in [1.29, 1.82) is 0 Å². The number of ether oxygens (including phenoxy) is 1. The Bertz CT molecular complexity index is 835. The van der Waals surface area contributed by atoms with Crippen molar-refractivity contribution in [2.45, 2.75) is 19.8 Å². The van der Waals surface area contributed by atoms with Crippen molar-refractivity contribution in [1.82, 2.24) is 0 Å². The Morgan fingerprint density at radius 3 is 2.56 bits per heavy atom. The maximum absolute atomic E-state index is 12.3. The number of rotatable bonds is 6. The number of nitrogens with zero attached hydrogens (tertiary/aromatic N) is 1. The largest absolute Gasteiger partial charge is 0.455 e. The summed E-state index contributed by atoms with van der Waals surface area (Å²) in [4.78, 5) is 38.1. The molecule has 2 amide bonds. The molecule has 1 heterocycles. The summed E-state index contributed by atoms with van der Waals surface area (Å²) in [7, 11) is 0. The summed E-state index contributed by atoms with van der Waals surface area (Å²) in [5.74, 6) is -1.60. The first-order valence-electron chi connectivity index (χ1n) is 8.98. The Hall–Kier alpha value is -3.15. The minimum Gasteiger partial charge on any atom is -0.455 e. The molecule has 1 saturated heterocycles. The Morgan fingerprint density at radius 2 is 1.81 bits per heavy atom. The highest BCUT2D eigenvalue weighted by atomic mass is 16.5. The Labute approximate surface area is 158 Å². The second-order valence-electron chi connectivity index (χ2n) is 6.41. The van der Waals surface area contributed by atoms with E-state index in [2.05, 4.69) is 5.32 Å². The molecule has 1 fully saturated rings. The monoisotopic (exact) mass is 366 g/mol. The minimum atomic E-state index is -0.562. The van der Waals surface area contributed by atoms with Gasteiger partial charge in [-0.25, -0.2) is 0 Å². The van der Waals surface area contributed by atoms with Crippen molar-refractivity contribution in [3.8, 4) is 0 Å². The van der Waals surface area contributed by atoms with Gasteiger partial charge in [-0.05, 0) is 30.2 Å². The first kappa shape index (κ1) is 18.6. The Kier molecular flexibility index (Phi) is 5.86. The van der Waals surface area contributed by atoms with Gasteiger partial charge in [0, 0.05) is 24.3 Å². The van der Waals surface area contributed by atoms with Crippen molar-refractivity contribution in [2.75, 3.05) is 23.4 Å². The molecule has 1 aliphatic rings. The third-order valence-corrected chi connectivity index (χ3v) is 4.54. The van der Waals surface area contributed by atoms with Crippen LogP contribution in [0.25, 0.3) is 0 Å². The van der Waals surface area contributed by atoms with Gasteiger partial charge in [-0.2, -0.15) is 0 Å². The molecule has 0 bridgehead atoms. The van der Waals surface area contributed by atoms with Crippen LogP contribution in [-0.4, -0.2) is 30.9 Å². The maximum Gasteiger partial charge on any atom is 0.311 e. The highest BCUT2D eigenvalue weighted by Gasteiger charge is 2.36. The first-order chi connectivity index (χ1) is 13.1. The average molecular weight is 366 g/mol. The summed E-state index contributed by atoms with van der Waals surface area (Å²) in [6, 6.07) is 16.7. The molecule has 1 N–H and O–H groups in total. The smallest absolute Gasteiger partial charge is 0.311 e. The van der Waals surface area contributed by atoms with Crippen LogP contribution < -0.4 is 10.2 Å². The van der Waals surface area contributed by atoms with Crippen LogP contribution in [0.2, 0.25) is 0 Å². The van der Waals surface area contributed by atoms with Gasteiger partial charge >= 0.3 is 5.97 Å². The number of esters is 1. The number of carbonyl (C=O) groups is 3. The summed E-state index contributed by atoms with van der Waals surface area (Å²) >= 11 is 0. The van der Waals surface area contributed by atoms with Crippen LogP contribution in [-0.2, 0) is 25.5 Å². The first-order valence-corrected chi connectivity index (χ1v) is 8.98. The van der Waals surface area contributed by atoms with Gasteiger partial charge in [0.25, 0.3) is 5.91 Å². The fourth-order valence-electron chi connectivity index (χ4n) is 3.11. The molecule has 0 radical (unpaired) electrons. The van der Waals surface area contributed by atoms with Gasteiger partial charge in [-0.1, -0.05) is 43.3 Å². The number of benzene rings is 2. The molecule has 3 rings (SSSR count). The van der Waals surface area contributed by atoms with Gasteiger partial charge in [-0.3, -0.25) is 14.4 Å². The lowest BCUT2D eigenvalue weighted by atomic mass is 10.1. The number of hydrogen-bond donors (Lipinski definition) is 1. The number of carbonyl (C=O) groups excluding carboxylic acids is 3. The van der Waals surface area contributed by atoms with Crippen molar-refractivity contribution < 1.29 is 19.1 Å². The van der Waals surface area contributed by atoms with E-state index in [4.69, 9.17) is 4.74 Å². The molecule has 1 aliphatic heterocycles. The molecule has 0 aliphatic carbocycles. The van der Waals surface area contributed by atoms with Gasteiger partial charge in [0.2, 0.25) is 5.91 Å². The predicted octanol–water partition coefficient (Wildman–Crippen LogP) is 2.78. The normalized spacial score (nSPS) is 16.3. The SMILES string of the molecule is CCc1ccccc1NC(=O)COC(=O)C1CC(=O)N(c2ccccc2)C1. The Morgan fingerprint density at radius 1 is 1.11 bits per heavy atom. The van der Waals surface area contributed by atoms with Crippen molar-refractivity contribution in [3.05, 3.63) is 60.2 Å². The topological polar surface area (TPSA) is 75.7 Å². The van der Waals surface area contributed by atoms with E-state index in [0.29, 0.717) is 5.69 Å². The van der Waals surface area contributed by atoms with Crippen molar-refractivity contribution in [2.24, 2.45) is 5.92 Å². The summed E-state index contributed by atoms with van der Waals surface area (Å²) < 4.78 is 5.14. The molecule has 1 unspecified atom stereocenters. The molecular formula is C21H22N2O4. The van der Waals surface area contributed by atoms with E-state index in [0.717, 1.165) is 17.7 Å². The molecule has 27 heavy (non-hydrogen) atoms. The van der Waals surface area contributed by atoms with E-state index >= 15 is 0 Å². The third-order valence-electron chi connectivity index (χ3n) is 4.54. The molecule has 2 aromatic rings. The van der Waals surface area contributed by atoms with E-state index < -0.39 is 17.8 Å². The summed E-state index contributed by atoms with van der Waals surface area (Å²) in [5, 5.41) is 2.76. The minimum absolute atomic E-state index is 0.0913. The highest BCUT2D eigenvalue weighted by molar-refractivity contribution is 6.00. The molecular weight excluding hydrogens is 344 g/mol. The fraction of sp³-hybridized carbons (Fsp3) is 0.286. The quantitative estimate of drug-likeness (QED) is 0.798. The lowest BCUT2D eigenvalue weighted by Gasteiger charge is -2.16. The van der Waals surface area contributed by atoms with E-state index in [1.807, 2.05) is 61.5 Å². The van der Waals surface area contributed by atoms with Gasteiger partial charge < -0.3 is 15.0 Å². The third kappa shape index (κ3) is 4.53. The van der Waals surface area contributed by atoms with E-state index in [-0.39, 0.29) is 25.5 Å². The number of para-hydroxylation sites is 2. The number of nitrogens with one attached hydrogen (secondary N) is 1. The molecule has 0 saturated carbocycles. The van der Waals surface area contributed by atoms with Crippen LogP contribution in [0.4, 0.5) is 11.4 Å². The van der Waals surface area contributed by atoms with E-state index in [1.165, 1.54) is 0 Å². The van der Waals surface area contributed by atoms with Crippen molar-refractivity contribution in [3.63, 3.8) is 0 Å². The fourth-order valence-corrected chi connectivity index (χ4v) is 3.11. The van der Waals surface area contributed by atoms with Gasteiger partial charge in [0.15, 0.2) is 6.61 Å². The van der Waals surface area contributed by atoms with Crippen LogP contribution in [0.1, 0.15) is 18.9 Å². The van der Waals surface area contributed by atoms with E-state index in [9.17, 15) is 14.4 Å². The average Bonchev–Trinajstić information content (AvgIpc) is 3.09. The number of anilines is 2. The van der Waals surface area contributed by atoms with Crippen molar-refractivity contribution >= 4 is 29.2 Å². The van der Waals surface area contributed by atoms with Crippen LogP contribution in [0, 0.1) is 5.92 Å². The zero-order chi connectivity index (χ0) is 19.2. The number of hydrogen-bond acceptors (Lipinski definition) is 4. The lowest BCUT2D eigenvalue weighted by Crippen LogP contribution is -2.28. The molecule has 6 heteroatoms. The lowest BCUT2D eigenvalue weighted by molar-refractivity contribution is -0.151. The Balaban J connectivity index is 1.52.